The Morgan fingerprint density at radius 2 is 1.68 bits per heavy atom. The molecule has 0 bridgehead atoms. The monoisotopic (exact) mass is 687 g/mol. The molecule has 47 heavy (non-hydrogen) atoms. The van der Waals surface area contributed by atoms with E-state index in [4.69, 9.17) is 32.9 Å². The zero-order valence-electron chi connectivity index (χ0n) is 26.1. The zero-order chi connectivity index (χ0) is 33.0. The molecule has 2 aliphatic rings. The number of carbonyl (C=O) groups excluding carboxylic acids is 1. The van der Waals surface area contributed by atoms with Gasteiger partial charge in [0.1, 0.15) is 6.61 Å². The van der Waals surface area contributed by atoms with Crippen LogP contribution in [0.25, 0.3) is 11.0 Å². The van der Waals surface area contributed by atoms with Crippen molar-refractivity contribution >= 4 is 46.1 Å². The number of hydrogen-bond acceptors (Lipinski definition) is 5. The third-order valence-corrected chi connectivity index (χ3v) is 10.1. The summed E-state index contributed by atoms with van der Waals surface area (Å²) in [6.07, 6.45) is -1.87. The second-order valence-corrected chi connectivity index (χ2v) is 13.2. The highest BCUT2D eigenvalue weighted by Crippen LogP contribution is 2.43. The fraction of sp³-hybridized carbons (Fsp3) is 0.429. The van der Waals surface area contributed by atoms with Gasteiger partial charge < -0.3 is 24.0 Å². The molecule has 0 spiro atoms. The molecule has 0 saturated carbocycles. The van der Waals surface area contributed by atoms with E-state index in [1.54, 1.807) is 6.07 Å². The smallest absolute Gasteiger partial charge is 0.370 e. The fourth-order valence-electron chi connectivity index (χ4n) is 6.92. The summed E-state index contributed by atoms with van der Waals surface area (Å²) in [4.78, 5) is 24.9. The molecule has 1 unspecified atom stereocenters. The molecular weight excluding hydrogens is 650 g/mol. The minimum atomic E-state index is -4.36. The summed E-state index contributed by atoms with van der Waals surface area (Å²) >= 11 is 13.3. The fourth-order valence-corrected chi connectivity index (χ4v) is 7.42. The number of anilines is 1. The van der Waals surface area contributed by atoms with Crippen LogP contribution >= 0.6 is 23.2 Å². The Morgan fingerprint density at radius 1 is 0.894 bits per heavy atom. The first-order valence-corrected chi connectivity index (χ1v) is 16.8. The van der Waals surface area contributed by atoms with Gasteiger partial charge in [-0.3, -0.25) is 4.79 Å². The standard InChI is InChI=1S/C35H38Cl2F3N5O2/c36-28-11-6-10-27(31(28)37)34(15-19-44(24-34)32(46)26-8-2-1-3-9-26)14-18-42-16-7-17-43(21-20-42)33-41-29-12-4-5-13-30(29)45(33)22-23-47-25-35(38,39)40/h1-6,8-13H,7,14-25H2. The molecule has 0 aliphatic carbocycles. The largest absolute Gasteiger partial charge is 0.411 e. The maximum Gasteiger partial charge on any atom is 0.411 e. The maximum atomic E-state index is 13.4. The van der Waals surface area contributed by atoms with Crippen LogP contribution in [0.15, 0.2) is 72.8 Å². The van der Waals surface area contributed by atoms with Gasteiger partial charge in [-0.05, 0) is 68.2 Å². The molecule has 2 fully saturated rings. The summed E-state index contributed by atoms with van der Waals surface area (Å²) < 4.78 is 45.0. The number of imidazole rings is 1. The molecule has 2 aliphatic heterocycles. The van der Waals surface area contributed by atoms with Crippen LogP contribution in [0.1, 0.15) is 35.2 Å². The van der Waals surface area contributed by atoms with E-state index in [1.807, 2.05) is 76.2 Å². The van der Waals surface area contributed by atoms with Gasteiger partial charge in [0.05, 0.1) is 27.7 Å². The van der Waals surface area contributed by atoms with Crippen LogP contribution in [-0.2, 0) is 16.7 Å². The second-order valence-electron chi connectivity index (χ2n) is 12.4. The predicted molar refractivity (Wildman–Crippen MR) is 180 cm³/mol. The van der Waals surface area contributed by atoms with Crippen LogP contribution < -0.4 is 4.90 Å². The Labute approximate surface area is 282 Å². The minimum Gasteiger partial charge on any atom is -0.370 e. The molecule has 250 valence electrons. The number of fused-ring (bicyclic) bond motifs is 1. The van der Waals surface area contributed by atoms with Crippen LogP contribution in [0.4, 0.5) is 19.1 Å². The van der Waals surface area contributed by atoms with Crippen molar-refractivity contribution in [2.75, 3.05) is 63.9 Å². The number of hydrogen-bond donors (Lipinski definition) is 0. The van der Waals surface area contributed by atoms with E-state index in [0.29, 0.717) is 28.7 Å². The van der Waals surface area contributed by atoms with E-state index in [0.717, 1.165) is 74.5 Å². The summed E-state index contributed by atoms with van der Waals surface area (Å²) in [6, 6.07) is 22.8. The van der Waals surface area contributed by atoms with Crippen molar-refractivity contribution in [3.63, 3.8) is 0 Å². The Balaban J connectivity index is 1.16. The molecule has 1 atom stereocenters. The van der Waals surface area contributed by atoms with E-state index in [9.17, 15) is 18.0 Å². The number of ether oxygens (including phenoxy) is 1. The van der Waals surface area contributed by atoms with Gasteiger partial charge in [-0.15, -0.1) is 0 Å². The number of aromatic nitrogens is 2. The molecule has 1 amide bonds. The Hall–Kier alpha value is -3.31. The lowest BCUT2D eigenvalue weighted by molar-refractivity contribution is -0.174. The van der Waals surface area contributed by atoms with Gasteiger partial charge >= 0.3 is 6.18 Å². The molecule has 1 aromatic heterocycles. The molecule has 0 radical (unpaired) electrons. The van der Waals surface area contributed by atoms with E-state index in [-0.39, 0.29) is 24.5 Å². The molecule has 6 rings (SSSR count). The number of alkyl halides is 3. The van der Waals surface area contributed by atoms with E-state index >= 15 is 0 Å². The quantitative estimate of drug-likeness (QED) is 0.164. The second kappa shape index (κ2) is 14.4. The number of likely N-dealkylation sites (tertiary alicyclic amines) is 1. The van der Waals surface area contributed by atoms with Crippen LogP contribution in [0.2, 0.25) is 10.0 Å². The normalized spacial score (nSPS) is 19.4. The van der Waals surface area contributed by atoms with Gasteiger partial charge in [0.2, 0.25) is 5.95 Å². The number of para-hydroxylation sites is 2. The van der Waals surface area contributed by atoms with Crippen molar-refractivity contribution in [1.29, 1.82) is 0 Å². The average molecular weight is 689 g/mol. The third kappa shape index (κ3) is 7.72. The number of nitrogens with zero attached hydrogens (tertiary/aromatic N) is 5. The minimum absolute atomic E-state index is 0.0164. The number of halogens is 5. The summed E-state index contributed by atoms with van der Waals surface area (Å²) in [5, 5.41) is 1.05. The van der Waals surface area contributed by atoms with E-state index in [2.05, 4.69) is 9.80 Å². The molecule has 4 aromatic rings. The highest BCUT2D eigenvalue weighted by atomic mass is 35.5. The van der Waals surface area contributed by atoms with Crippen molar-refractivity contribution in [1.82, 2.24) is 19.4 Å². The summed E-state index contributed by atoms with van der Waals surface area (Å²) in [6.45, 7) is 4.10. The topological polar surface area (TPSA) is 53.8 Å². The van der Waals surface area contributed by atoms with Gasteiger partial charge in [-0.2, -0.15) is 13.2 Å². The summed E-state index contributed by atoms with van der Waals surface area (Å²) in [7, 11) is 0. The number of rotatable bonds is 10. The van der Waals surface area contributed by atoms with Crippen molar-refractivity contribution in [3.05, 3.63) is 94.0 Å². The summed E-state index contributed by atoms with van der Waals surface area (Å²) in [5.41, 5.74) is 2.98. The van der Waals surface area contributed by atoms with Gasteiger partial charge in [0.15, 0.2) is 0 Å². The molecule has 12 heteroatoms. The Kier molecular flexibility index (Phi) is 10.3. The van der Waals surface area contributed by atoms with Gasteiger partial charge in [0, 0.05) is 50.2 Å². The highest BCUT2D eigenvalue weighted by molar-refractivity contribution is 6.42. The van der Waals surface area contributed by atoms with Crippen molar-refractivity contribution in [2.45, 2.75) is 37.4 Å². The molecule has 0 N–H and O–H groups in total. The Morgan fingerprint density at radius 3 is 2.49 bits per heavy atom. The van der Waals surface area contributed by atoms with E-state index in [1.165, 1.54) is 0 Å². The molecule has 2 saturated heterocycles. The first-order chi connectivity index (χ1) is 22.6. The Bertz CT molecular complexity index is 1680. The van der Waals surface area contributed by atoms with Crippen LogP contribution in [-0.4, -0.2) is 90.5 Å². The maximum absolute atomic E-state index is 13.4. The van der Waals surface area contributed by atoms with Gasteiger partial charge in [-0.1, -0.05) is 65.7 Å². The third-order valence-electron chi connectivity index (χ3n) is 9.32. The zero-order valence-corrected chi connectivity index (χ0v) is 27.6. The number of carbonyl (C=O) groups is 1. The van der Waals surface area contributed by atoms with Crippen LogP contribution in [0, 0.1) is 0 Å². The molecule has 7 nitrogen and oxygen atoms in total. The molecule has 3 heterocycles. The number of benzene rings is 3. The van der Waals surface area contributed by atoms with Gasteiger partial charge in [-0.25, -0.2) is 4.98 Å². The lowest BCUT2D eigenvalue weighted by Gasteiger charge is -2.33. The molecular formula is C35H38Cl2F3N5O2. The van der Waals surface area contributed by atoms with Crippen molar-refractivity contribution < 1.29 is 22.7 Å². The van der Waals surface area contributed by atoms with E-state index < -0.39 is 12.8 Å². The van der Waals surface area contributed by atoms with Gasteiger partial charge in [0.25, 0.3) is 5.91 Å². The first-order valence-electron chi connectivity index (χ1n) is 16.0. The van der Waals surface area contributed by atoms with Crippen LogP contribution in [0.5, 0.6) is 0 Å². The lowest BCUT2D eigenvalue weighted by atomic mass is 9.76. The lowest BCUT2D eigenvalue weighted by Crippen LogP contribution is -2.39. The van der Waals surface area contributed by atoms with Crippen molar-refractivity contribution in [2.24, 2.45) is 0 Å². The SMILES string of the molecule is O=C(c1ccccc1)N1CCC(CCN2CCCN(c3nc4ccccc4n3CCOCC(F)(F)F)CC2)(c2cccc(Cl)c2Cl)C1. The van der Waals surface area contributed by atoms with Crippen LogP contribution in [0.3, 0.4) is 0 Å². The number of amides is 1. The highest BCUT2D eigenvalue weighted by Gasteiger charge is 2.43. The summed E-state index contributed by atoms with van der Waals surface area (Å²) in [5.74, 6) is 0.763. The molecule has 3 aromatic carbocycles. The first kappa shape index (κ1) is 33.6. The van der Waals surface area contributed by atoms with Crippen molar-refractivity contribution in [3.8, 4) is 0 Å². The average Bonchev–Trinajstić information content (AvgIpc) is 3.58. The predicted octanol–water partition coefficient (Wildman–Crippen LogP) is 7.31.